The number of hydrogen-bond donors (Lipinski definition) is 0. The molecule has 0 rings (SSSR count). The van der Waals surface area contributed by atoms with Gasteiger partial charge < -0.3 is 4.74 Å². The molecule has 0 amide bonds. The molecule has 0 saturated carbocycles. The lowest BCUT2D eigenvalue weighted by molar-refractivity contribution is -0.137. The van der Waals surface area contributed by atoms with E-state index in [4.69, 9.17) is 11.2 Å². The molecule has 0 aromatic heterocycles. The third-order valence-corrected chi connectivity index (χ3v) is 2.98. The number of ether oxygens (including phenoxy) is 1. The normalized spacial score (nSPS) is 10.9. The Labute approximate surface area is 103 Å². The van der Waals surface area contributed by atoms with Crippen LogP contribution in [0.2, 0.25) is 0 Å². The number of unbranched alkanes of at least 4 members (excludes halogenated alkanes) is 1. The molecule has 0 heterocycles. The minimum Gasteiger partial charge on any atom is -0.463 e. The molecule has 0 saturated heterocycles. The number of allylic oxidation sites excluding steroid dienone is 1. The van der Waals surface area contributed by atoms with Gasteiger partial charge in [0.05, 0.1) is 6.61 Å². The predicted octanol–water partition coefficient (Wildman–Crippen LogP) is 3.38. The van der Waals surface area contributed by atoms with Crippen LogP contribution in [0.5, 0.6) is 0 Å². The van der Waals surface area contributed by atoms with Crippen molar-refractivity contribution in [3.05, 3.63) is 11.0 Å². The first-order valence-corrected chi connectivity index (χ1v) is 6.66. The summed E-state index contributed by atoms with van der Waals surface area (Å²) in [5.74, 6) is 3.21. The van der Waals surface area contributed by atoms with E-state index in [2.05, 4.69) is 12.8 Å². The summed E-state index contributed by atoms with van der Waals surface area (Å²) < 4.78 is 4.89. The molecule has 0 aliphatic rings. The fraction of sp³-hybridized carbons (Fsp3) is 0.615. The highest BCUT2D eigenvalue weighted by Gasteiger charge is 2.03. The van der Waals surface area contributed by atoms with Crippen LogP contribution >= 0.6 is 11.8 Å². The molecule has 0 atom stereocenters. The Balaban J connectivity index is 4.17. The van der Waals surface area contributed by atoms with Crippen LogP contribution in [0, 0.1) is 12.3 Å². The van der Waals surface area contributed by atoms with Crippen molar-refractivity contribution in [2.45, 2.75) is 39.5 Å². The van der Waals surface area contributed by atoms with E-state index >= 15 is 0 Å². The Kier molecular flexibility index (Phi) is 10.0. The van der Waals surface area contributed by atoms with Crippen LogP contribution in [0.1, 0.15) is 39.5 Å². The molecule has 0 aliphatic heterocycles. The zero-order valence-corrected chi connectivity index (χ0v) is 10.9. The summed E-state index contributed by atoms with van der Waals surface area (Å²) in [6.45, 7) is 4.36. The SMILES string of the molecule is C#CCCS/C(=C\C(=O)OCC)CCCC. The van der Waals surface area contributed by atoms with Crippen LogP contribution in [0.25, 0.3) is 0 Å². The highest BCUT2D eigenvalue weighted by Crippen LogP contribution is 2.22. The molecule has 16 heavy (non-hydrogen) atoms. The van der Waals surface area contributed by atoms with Crippen molar-refractivity contribution in [2.75, 3.05) is 12.4 Å². The van der Waals surface area contributed by atoms with Gasteiger partial charge in [0.1, 0.15) is 0 Å². The highest BCUT2D eigenvalue weighted by molar-refractivity contribution is 8.03. The summed E-state index contributed by atoms with van der Waals surface area (Å²) in [5, 5.41) is 0. The van der Waals surface area contributed by atoms with Gasteiger partial charge in [0, 0.05) is 18.2 Å². The summed E-state index contributed by atoms with van der Waals surface area (Å²) >= 11 is 1.66. The van der Waals surface area contributed by atoms with Gasteiger partial charge in [0.25, 0.3) is 0 Å². The maximum absolute atomic E-state index is 11.3. The fourth-order valence-corrected chi connectivity index (χ4v) is 2.04. The van der Waals surface area contributed by atoms with Crippen molar-refractivity contribution in [2.24, 2.45) is 0 Å². The largest absolute Gasteiger partial charge is 0.463 e. The van der Waals surface area contributed by atoms with E-state index in [-0.39, 0.29) is 5.97 Å². The summed E-state index contributed by atoms with van der Waals surface area (Å²) in [5.41, 5.74) is 0. The van der Waals surface area contributed by atoms with Crippen molar-refractivity contribution < 1.29 is 9.53 Å². The Morgan fingerprint density at radius 2 is 2.25 bits per heavy atom. The Hall–Kier alpha value is -0.880. The molecular formula is C13H20O2S. The lowest BCUT2D eigenvalue weighted by atomic mass is 10.2. The van der Waals surface area contributed by atoms with Gasteiger partial charge in [-0.05, 0) is 24.7 Å². The van der Waals surface area contributed by atoms with E-state index in [0.717, 1.165) is 36.3 Å². The van der Waals surface area contributed by atoms with Gasteiger partial charge in [-0.15, -0.1) is 24.1 Å². The standard InChI is InChI=1S/C13H20O2S/c1-4-7-9-12(16-10-8-5-2)11-13(14)15-6-3/h2,11H,4,6-10H2,1,3H3/b12-11-. The van der Waals surface area contributed by atoms with Crippen LogP contribution in [-0.2, 0) is 9.53 Å². The van der Waals surface area contributed by atoms with Gasteiger partial charge in [-0.3, -0.25) is 0 Å². The van der Waals surface area contributed by atoms with Crippen LogP contribution < -0.4 is 0 Å². The van der Waals surface area contributed by atoms with Gasteiger partial charge in [0.2, 0.25) is 0 Å². The first-order valence-electron chi connectivity index (χ1n) is 5.68. The summed E-state index contributed by atoms with van der Waals surface area (Å²) in [4.78, 5) is 12.4. The fourth-order valence-electron chi connectivity index (χ4n) is 1.09. The Morgan fingerprint density at radius 1 is 1.50 bits per heavy atom. The van der Waals surface area contributed by atoms with Gasteiger partial charge >= 0.3 is 5.97 Å². The maximum Gasteiger partial charge on any atom is 0.331 e. The molecule has 0 aromatic carbocycles. The van der Waals surface area contributed by atoms with Crippen LogP contribution in [-0.4, -0.2) is 18.3 Å². The molecule has 0 N–H and O–H groups in total. The molecule has 0 fully saturated rings. The highest BCUT2D eigenvalue weighted by atomic mass is 32.2. The summed E-state index contributed by atoms with van der Waals surface area (Å²) in [6.07, 6.45) is 10.7. The summed E-state index contributed by atoms with van der Waals surface area (Å²) in [6, 6.07) is 0. The van der Waals surface area contributed by atoms with E-state index in [9.17, 15) is 4.79 Å². The molecule has 0 bridgehead atoms. The molecule has 0 aromatic rings. The second-order valence-corrected chi connectivity index (χ2v) is 4.49. The van der Waals surface area contributed by atoms with E-state index in [0.29, 0.717) is 6.61 Å². The van der Waals surface area contributed by atoms with Crippen molar-refractivity contribution in [1.29, 1.82) is 0 Å². The van der Waals surface area contributed by atoms with Crippen molar-refractivity contribution in [1.82, 2.24) is 0 Å². The van der Waals surface area contributed by atoms with Crippen LogP contribution in [0.3, 0.4) is 0 Å². The van der Waals surface area contributed by atoms with Gasteiger partial charge in [0.15, 0.2) is 0 Å². The third kappa shape index (κ3) is 8.43. The first-order chi connectivity index (χ1) is 7.74. The van der Waals surface area contributed by atoms with Crippen molar-refractivity contribution in [3.63, 3.8) is 0 Å². The van der Waals surface area contributed by atoms with Gasteiger partial charge in [-0.2, -0.15) is 0 Å². The minimum absolute atomic E-state index is 0.248. The molecule has 3 heteroatoms. The summed E-state index contributed by atoms with van der Waals surface area (Å²) in [7, 11) is 0. The number of carbonyl (C=O) groups excluding carboxylic acids is 1. The molecule has 0 spiro atoms. The zero-order chi connectivity index (χ0) is 12.2. The second-order valence-electron chi connectivity index (χ2n) is 3.27. The van der Waals surface area contributed by atoms with Gasteiger partial charge in [-0.25, -0.2) is 4.79 Å². The number of esters is 1. The molecular weight excluding hydrogens is 220 g/mol. The quantitative estimate of drug-likeness (QED) is 0.281. The number of rotatable bonds is 8. The molecule has 0 unspecified atom stereocenters. The Morgan fingerprint density at radius 3 is 2.81 bits per heavy atom. The number of terminal acetylenes is 1. The van der Waals surface area contributed by atoms with E-state index < -0.39 is 0 Å². The maximum atomic E-state index is 11.3. The van der Waals surface area contributed by atoms with Crippen LogP contribution in [0.15, 0.2) is 11.0 Å². The monoisotopic (exact) mass is 240 g/mol. The van der Waals surface area contributed by atoms with Gasteiger partial charge in [-0.1, -0.05) is 13.3 Å². The topological polar surface area (TPSA) is 26.3 Å². The van der Waals surface area contributed by atoms with Crippen molar-refractivity contribution in [3.8, 4) is 12.3 Å². The third-order valence-electron chi connectivity index (χ3n) is 1.88. The predicted molar refractivity (Wildman–Crippen MR) is 70.1 cm³/mol. The van der Waals surface area contributed by atoms with Crippen LogP contribution in [0.4, 0.5) is 0 Å². The number of carbonyl (C=O) groups is 1. The minimum atomic E-state index is -0.248. The Bertz CT molecular complexity index is 264. The van der Waals surface area contributed by atoms with E-state index in [1.807, 2.05) is 6.92 Å². The second kappa shape index (κ2) is 10.6. The molecule has 0 aliphatic carbocycles. The average Bonchev–Trinajstić information content (AvgIpc) is 2.26. The van der Waals surface area contributed by atoms with Crippen molar-refractivity contribution >= 4 is 17.7 Å². The van der Waals surface area contributed by atoms with E-state index in [1.54, 1.807) is 17.8 Å². The lowest BCUT2D eigenvalue weighted by Crippen LogP contribution is -2.00. The molecule has 90 valence electrons. The number of hydrogen-bond acceptors (Lipinski definition) is 3. The van der Waals surface area contributed by atoms with E-state index in [1.165, 1.54) is 0 Å². The smallest absolute Gasteiger partial charge is 0.331 e. The zero-order valence-electron chi connectivity index (χ0n) is 10.1. The molecule has 0 radical (unpaired) electrons. The molecule has 2 nitrogen and oxygen atoms in total. The lowest BCUT2D eigenvalue weighted by Gasteiger charge is -2.05. The number of thioether (sulfide) groups is 1. The first kappa shape index (κ1) is 15.1. The average molecular weight is 240 g/mol.